The van der Waals surface area contributed by atoms with E-state index in [-0.39, 0.29) is 5.56 Å². The van der Waals surface area contributed by atoms with Crippen molar-refractivity contribution in [2.24, 2.45) is 0 Å². The Morgan fingerprint density at radius 2 is 1.78 bits per heavy atom. The van der Waals surface area contributed by atoms with Gasteiger partial charge in [0.2, 0.25) is 5.78 Å². The van der Waals surface area contributed by atoms with E-state index >= 15 is 0 Å². The highest BCUT2D eigenvalue weighted by Gasteiger charge is 2.39. The fraction of sp³-hybridized carbons (Fsp3) is 0.385. The van der Waals surface area contributed by atoms with Crippen LogP contribution in [0.1, 0.15) is 34.3 Å². The number of fused-ring (bicyclic) bond motifs is 1. The second kappa shape index (κ2) is 4.55. The van der Waals surface area contributed by atoms with Gasteiger partial charge in [-0.1, -0.05) is 12.1 Å². The van der Waals surface area contributed by atoms with E-state index in [1.54, 1.807) is 12.1 Å². The number of benzene rings is 1. The molecule has 0 aliphatic heterocycles. The number of halogens is 3. The standard InChI is InChI=1S/C13H11F3O2/c14-13(15,16)12(18)7-11(17)10-5-4-8-2-1-3-9(8)6-10/h4-6H,1-3,7H2. The van der Waals surface area contributed by atoms with Crippen LogP contribution in [0.2, 0.25) is 0 Å². The van der Waals surface area contributed by atoms with E-state index in [1.807, 2.05) is 0 Å². The number of ketones is 2. The summed E-state index contributed by atoms with van der Waals surface area (Å²) in [5, 5.41) is 0. The molecule has 0 radical (unpaired) electrons. The minimum Gasteiger partial charge on any atom is -0.294 e. The number of carbonyl (C=O) groups is 2. The van der Waals surface area contributed by atoms with Gasteiger partial charge in [0.1, 0.15) is 0 Å². The number of rotatable bonds is 3. The zero-order valence-corrected chi connectivity index (χ0v) is 9.51. The van der Waals surface area contributed by atoms with Crippen molar-refractivity contribution in [3.63, 3.8) is 0 Å². The first-order valence-corrected chi connectivity index (χ1v) is 5.63. The Morgan fingerprint density at radius 1 is 1.11 bits per heavy atom. The summed E-state index contributed by atoms with van der Waals surface area (Å²) in [6, 6.07) is 4.86. The van der Waals surface area contributed by atoms with Crippen LogP contribution in [0.25, 0.3) is 0 Å². The summed E-state index contributed by atoms with van der Waals surface area (Å²) in [6.45, 7) is 0. The van der Waals surface area contributed by atoms with Gasteiger partial charge in [0.15, 0.2) is 5.78 Å². The third-order valence-corrected chi connectivity index (χ3v) is 3.06. The predicted octanol–water partition coefficient (Wildman–Crippen LogP) is 2.88. The van der Waals surface area contributed by atoms with Gasteiger partial charge in [-0.2, -0.15) is 13.2 Å². The van der Waals surface area contributed by atoms with Gasteiger partial charge in [0.05, 0.1) is 6.42 Å². The number of Topliss-reactive ketones (excluding diaryl/α,β-unsaturated/α-hetero) is 2. The Bertz CT molecular complexity index is 503. The number of hydrogen-bond acceptors (Lipinski definition) is 2. The van der Waals surface area contributed by atoms with Gasteiger partial charge in [-0.15, -0.1) is 0 Å². The molecule has 0 spiro atoms. The quantitative estimate of drug-likeness (QED) is 0.615. The molecule has 1 aromatic rings. The van der Waals surface area contributed by atoms with Crippen LogP contribution in [-0.4, -0.2) is 17.7 Å². The summed E-state index contributed by atoms with van der Waals surface area (Å²) in [4.78, 5) is 22.3. The van der Waals surface area contributed by atoms with Crippen molar-refractivity contribution in [3.05, 3.63) is 34.9 Å². The molecular formula is C13H11F3O2. The average Bonchev–Trinajstić information content (AvgIpc) is 2.74. The van der Waals surface area contributed by atoms with Gasteiger partial charge in [0, 0.05) is 5.56 Å². The molecule has 18 heavy (non-hydrogen) atoms. The van der Waals surface area contributed by atoms with Gasteiger partial charge in [-0.05, 0) is 36.5 Å². The fourth-order valence-corrected chi connectivity index (χ4v) is 2.09. The van der Waals surface area contributed by atoms with E-state index in [0.29, 0.717) is 0 Å². The molecule has 0 saturated carbocycles. The molecule has 0 heterocycles. The van der Waals surface area contributed by atoms with Crippen LogP contribution in [0.3, 0.4) is 0 Å². The lowest BCUT2D eigenvalue weighted by Gasteiger charge is -2.06. The fourth-order valence-electron chi connectivity index (χ4n) is 2.09. The first kappa shape index (κ1) is 12.8. The molecule has 0 unspecified atom stereocenters. The van der Waals surface area contributed by atoms with Crippen molar-refractivity contribution < 1.29 is 22.8 Å². The molecule has 1 aromatic carbocycles. The van der Waals surface area contributed by atoms with Crippen LogP contribution in [0.15, 0.2) is 18.2 Å². The molecule has 0 N–H and O–H groups in total. The van der Waals surface area contributed by atoms with Crippen molar-refractivity contribution in [1.82, 2.24) is 0 Å². The van der Waals surface area contributed by atoms with E-state index in [4.69, 9.17) is 0 Å². The summed E-state index contributed by atoms with van der Waals surface area (Å²) in [7, 11) is 0. The largest absolute Gasteiger partial charge is 0.450 e. The average molecular weight is 256 g/mol. The SMILES string of the molecule is O=C(CC(=O)C(F)(F)F)c1ccc2c(c1)CCC2. The van der Waals surface area contributed by atoms with Crippen LogP contribution < -0.4 is 0 Å². The summed E-state index contributed by atoms with van der Waals surface area (Å²) in [6.07, 6.45) is -3.28. The van der Waals surface area contributed by atoms with Crippen molar-refractivity contribution in [2.45, 2.75) is 31.9 Å². The molecule has 5 heteroatoms. The van der Waals surface area contributed by atoms with E-state index < -0.39 is 24.2 Å². The van der Waals surface area contributed by atoms with Gasteiger partial charge in [-0.3, -0.25) is 9.59 Å². The third kappa shape index (κ3) is 2.60. The van der Waals surface area contributed by atoms with Gasteiger partial charge in [-0.25, -0.2) is 0 Å². The van der Waals surface area contributed by atoms with E-state index in [1.165, 1.54) is 6.07 Å². The highest BCUT2D eigenvalue weighted by atomic mass is 19.4. The number of hydrogen-bond donors (Lipinski definition) is 0. The summed E-state index contributed by atoms with van der Waals surface area (Å²) in [5.41, 5.74) is 2.32. The van der Waals surface area contributed by atoms with Gasteiger partial charge < -0.3 is 0 Å². The molecule has 0 fully saturated rings. The Kier molecular flexibility index (Phi) is 3.24. The lowest BCUT2D eigenvalue weighted by Crippen LogP contribution is -2.25. The molecule has 1 aliphatic carbocycles. The minimum absolute atomic E-state index is 0.188. The maximum absolute atomic E-state index is 12.0. The summed E-state index contributed by atoms with van der Waals surface area (Å²) in [5.74, 6) is -2.76. The molecule has 96 valence electrons. The second-order valence-corrected chi connectivity index (χ2v) is 4.36. The van der Waals surface area contributed by atoms with Crippen molar-refractivity contribution in [1.29, 1.82) is 0 Å². The van der Waals surface area contributed by atoms with Crippen LogP contribution >= 0.6 is 0 Å². The monoisotopic (exact) mass is 256 g/mol. The molecule has 0 bridgehead atoms. The third-order valence-electron chi connectivity index (χ3n) is 3.06. The molecule has 2 rings (SSSR count). The second-order valence-electron chi connectivity index (χ2n) is 4.36. The molecule has 2 nitrogen and oxygen atoms in total. The number of aryl methyl sites for hydroxylation is 2. The van der Waals surface area contributed by atoms with Crippen molar-refractivity contribution in [2.75, 3.05) is 0 Å². The molecule has 0 atom stereocenters. The van der Waals surface area contributed by atoms with E-state index in [9.17, 15) is 22.8 Å². The van der Waals surface area contributed by atoms with Crippen LogP contribution in [0.5, 0.6) is 0 Å². The van der Waals surface area contributed by atoms with Crippen LogP contribution in [0.4, 0.5) is 13.2 Å². The summed E-state index contributed by atoms with van der Waals surface area (Å²) >= 11 is 0. The molecular weight excluding hydrogens is 245 g/mol. The topological polar surface area (TPSA) is 34.1 Å². The first-order valence-electron chi connectivity index (χ1n) is 5.63. The molecule has 0 aromatic heterocycles. The highest BCUT2D eigenvalue weighted by Crippen LogP contribution is 2.24. The predicted molar refractivity (Wildman–Crippen MR) is 58.5 cm³/mol. The number of carbonyl (C=O) groups excluding carboxylic acids is 2. The minimum atomic E-state index is -4.94. The summed E-state index contributed by atoms with van der Waals surface area (Å²) < 4.78 is 36.1. The maximum Gasteiger partial charge on any atom is 0.450 e. The van der Waals surface area contributed by atoms with Gasteiger partial charge in [0.25, 0.3) is 0 Å². The first-order chi connectivity index (χ1) is 8.38. The Balaban J connectivity index is 2.13. The lowest BCUT2D eigenvalue weighted by molar-refractivity contribution is -0.170. The van der Waals surface area contributed by atoms with E-state index in [2.05, 4.69) is 0 Å². The Hall–Kier alpha value is -1.65. The smallest absolute Gasteiger partial charge is 0.294 e. The van der Waals surface area contributed by atoms with Crippen molar-refractivity contribution in [3.8, 4) is 0 Å². The van der Waals surface area contributed by atoms with E-state index in [0.717, 1.165) is 30.4 Å². The molecule has 1 aliphatic rings. The zero-order chi connectivity index (χ0) is 13.3. The normalized spacial score (nSPS) is 14.4. The highest BCUT2D eigenvalue weighted by molar-refractivity contribution is 6.09. The van der Waals surface area contributed by atoms with Crippen LogP contribution in [0, 0.1) is 0 Å². The maximum atomic E-state index is 12.0. The lowest BCUT2D eigenvalue weighted by atomic mass is 10.0. The number of alkyl halides is 3. The molecule has 0 saturated heterocycles. The Labute approximate surface area is 102 Å². The van der Waals surface area contributed by atoms with Gasteiger partial charge >= 0.3 is 6.18 Å². The zero-order valence-electron chi connectivity index (χ0n) is 9.51. The molecule has 0 amide bonds. The van der Waals surface area contributed by atoms with Crippen LogP contribution in [-0.2, 0) is 17.6 Å². The Morgan fingerprint density at radius 3 is 2.44 bits per heavy atom. The van der Waals surface area contributed by atoms with Crippen molar-refractivity contribution >= 4 is 11.6 Å².